The number of hydrogen-bond donors (Lipinski definition) is 3. The van der Waals surface area contributed by atoms with Crippen LogP contribution in [0.2, 0.25) is 0 Å². The molecule has 1 fully saturated rings. The van der Waals surface area contributed by atoms with Crippen LogP contribution in [-0.2, 0) is 0 Å². The van der Waals surface area contributed by atoms with Crippen molar-refractivity contribution in [3.05, 3.63) is 29.5 Å². The Kier molecular flexibility index (Phi) is 7.51. The summed E-state index contributed by atoms with van der Waals surface area (Å²) >= 11 is 0. The first kappa shape index (κ1) is 22.6. The molecule has 0 radical (unpaired) electrons. The van der Waals surface area contributed by atoms with E-state index >= 15 is 0 Å². The van der Waals surface area contributed by atoms with Gasteiger partial charge in [-0.15, -0.1) is 10.2 Å². The summed E-state index contributed by atoms with van der Waals surface area (Å²) in [7, 11) is 4.71. The van der Waals surface area contributed by atoms with Crippen LogP contribution in [-0.4, -0.2) is 69.3 Å². The van der Waals surface area contributed by atoms with Gasteiger partial charge in [-0.25, -0.2) is 0 Å². The molecule has 31 heavy (non-hydrogen) atoms. The van der Waals surface area contributed by atoms with Crippen LogP contribution in [0.1, 0.15) is 32.3 Å². The fourth-order valence-corrected chi connectivity index (χ4v) is 3.89. The van der Waals surface area contributed by atoms with E-state index in [4.69, 9.17) is 19.6 Å². The van der Waals surface area contributed by atoms with Gasteiger partial charge in [-0.05, 0) is 51.1 Å². The summed E-state index contributed by atoms with van der Waals surface area (Å²) < 4.78 is 16.5. The Bertz CT molecular complexity index is 909. The molecule has 9 heteroatoms. The minimum Gasteiger partial charge on any atom is -0.493 e. The van der Waals surface area contributed by atoms with Crippen molar-refractivity contribution < 1.29 is 14.2 Å². The summed E-state index contributed by atoms with van der Waals surface area (Å²) in [6.45, 7) is 7.04. The summed E-state index contributed by atoms with van der Waals surface area (Å²) in [4.78, 5) is 2.42. The van der Waals surface area contributed by atoms with Crippen LogP contribution in [0.4, 0.5) is 0 Å². The Labute approximate surface area is 183 Å². The van der Waals surface area contributed by atoms with Gasteiger partial charge in [0, 0.05) is 18.3 Å². The van der Waals surface area contributed by atoms with Gasteiger partial charge >= 0.3 is 0 Å². The lowest BCUT2D eigenvalue weighted by atomic mass is 10.0. The maximum absolute atomic E-state index is 7.98. The number of allylic oxidation sites excluding steroid dienone is 2. The standard InChI is InChI=1S/C22H32N6O3/c1-6-28-11-7-8-15(13-28)24-22-25-17(12-14(2)23)19(26-27-22)16-9-10-18(29-3)21(31-5)20(16)30-4/h9-10,12,15,23H,6-8,11,13H2,1-5H3,(H2,24,25,27)/b17-12-,23-14?. The lowest BCUT2D eigenvalue weighted by Gasteiger charge is -2.33. The molecule has 0 bridgehead atoms. The normalized spacial score (nSPS) is 20.4. The molecule has 9 nitrogen and oxygen atoms in total. The quantitative estimate of drug-likeness (QED) is 0.576. The lowest BCUT2D eigenvalue weighted by molar-refractivity contribution is 0.209. The first-order chi connectivity index (χ1) is 15.0. The van der Waals surface area contributed by atoms with Crippen molar-refractivity contribution in [1.82, 2.24) is 15.5 Å². The number of piperidine rings is 1. The number of nitrogens with one attached hydrogen (secondary N) is 3. The van der Waals surface area contributed by atoms with Crippen molar-refractivity contribution in [2.75, 3.05) is 41.0 Å². The molecule has 2 aliphatic rings. The Hall–Kier alpha value is -3.07. The summed E-state index contributed by atoms with van der Waals surface area (Å²) in [6, 6.07) is 3.95. The molecule has 1 aromatic rings. The molecule has 0 amide bonds. The monoisotopic (exact) mass is 428 g/mol. The second-order valence-electron chi connectivity index (χ2n) is 7.52. The van der Waals surface area contributed by atoms with Crippen molar-refractivity contribution in [2.45, 2.75) is 32.7 Å². The van der Waals surface area contributed by atoms with Crippen LogP contribution in [0.3, 0.4) is 0 Å². The second-order valence-corrected chi connectivity index (χ2v) is 7.52. The highest BCUT2D eigenvalue weighted by Crippen LogP contribution is 2.40. The van der Waals surface area contributed by atoms with Gasteiger partial charge in [-0.2, -0.15) is 0 Å². The van der Waals surface area contributed by atoms with E-state index in [2.05, 4.69) is 32.7 Å². The third-order valence-electron chi connectivity index (χ3n) is 5.37. The van der Waals surface area contributed by atoms with Gasteiger partial charge in [0.1, 0.15) is 5.71 Å². The molecule has 0 aromatic heterocycles. The highest BCUT2D eigenvalue weighted by atomic mass is 16.5. The van der Waals surface area contributed by atoms with Crippen molar-refractivity contribution in [3.8, 4) is 17.2 Å². The fraction of sp³-hybridized carbons (Fsp3) is 0.500. The average molecular weight is 429 g/mol. The number of nitrogens with zero attached hydrogens (tertiary/aromatic N) is 3. The van der Waals surface area contributed by atoms with E-state index in [1.807, 2.05) is 6.07 Å². The number of likely N-dealkylation sites (N-methyl/N-ethyl adjacent to an activating group) is 1. The average Bonchev–Trinajstić information content (AvgIpc) is 2.78. The molecule has 0 aliphatic carbocycles. The van der Waals surface area contributed by atoms with E-state index in [0.29, 0.717) is 51.9 Å². The van der Waals surface area contributed by atoms with Crippen molar-refractivity contribution in [3.63, 3.8) is 0 Å². The summed E-state index contributed by atoms with van der Waals surface area (Å²) in [5.41, 5.74) is 2.32. The number of benzene rings is 1. The summed E-state index contributed by atoms with van der Waals surface area (Å²) in [5, 5.41) is 23.6. The van der Waals surface area contributed by atoms with Gasteiger partial charge in [0.05, 0.1) is 32.6 Å². The Morgan fingerprint density at radius 1 is 1.23 bits per heavy atom. The first-order valence-electron chi connectivity index (χ1n) is 10.5. The molecule has 168 valence electrons. The highest BCUT2D eigenvalue weighted by Gasteiger charge is 2.26. The molecule has 2 heterocycles. The van der Waals surface area contributed by atoms with Gasteiger partial charge in [0.2, 0.25) is 11.7 Å². The van der Waals surface area contributed by atoms with Crippen molar-refractivity contribution >= 4 is 17.4 Å². The van der Waals surface area contributed by atoms with E-state index in [0.717, 1.165) is 32.5 Å². The Balaban J connectivity index is 1.96. The van der Waals surface area contributed by atoms with E-state index in [1.54, 1.807) is 40.4 Å². The van der Waals surface area contributed by atoms with E-state index in [9.17, 15) is 0 Å². The van der Waals surface area contributed by atoms with Crippen LogP contribution in [0.5, 0.6) is 17.2 Å². The Morgan fingerprint density at radius 2 is 2.00 bits per heavy atom. The zero-order chi connectivity index (χ0) is 22.4. The highest BCUT2D eigenvalue weighted by molar-refractivity contribution is 6.19. The predicted molar refractivity (Wildman–Crippen MR) is 123 cm³/mol. The number of likely N-dealkylation sites (tertiary alicyclic amines) is 1. The molecule has 3 N–H and O–H groups in total. The SMILES string of the molecule is CCN1CCCC(NC2=NN=C(c3ccc(OC)c(OC)c3OC)/C(=C/C(C)=N)N2)C1. The van der Waals surface area contributed by atoms with E-state index in [-0.39, 0.29) is 0 Å². The van der Waals surface area contributed by atoms with Crippen LogP contribution >= 0.6 is 0 Å². The maximum Gasteiger partial charge on any atom is 0.221 e. The molecule has 3 rings (SSSR count). The third-order valence-corrected chi connectivity index (χ3v) is 5.37. The zero-order valence-electron chi connectivity index (χ0n) is 18.9. The topological polar surface area (TPSA) is 104 Å². The summed E-state index contributed by atoms with van der Waals surface area (Å²) in [6.07, 6.45) is 3.96. The molecule has 0 saturated carbocycles. The Morgan fingerprint density at radius 3 is 2.65 bits per heavy atom. The molecule has 0 spiro atoms. The van der Waals surface area contributed by atoms with Gasteiger partial charge in [0.25, 0.3) is 0 Å². The van der Waals surface area contributed by atoms with Gasteiger partial charge in [0.15, 0.2) is 11.5 Å². The van der Waals surface area contributed by atoms with Gasteiger partial charge in [-0.3, -0.25) is 0 Å². The minimum atomic E-state index is 0.301. The fourth-order valence-electron chi connectivity index (χ4n) is 3.89. The number of rotatable bonds is 7. The number of methoxy groups -OCH3 is 3. The van der Waals surface area contributed by atoms with Crippen LogP contribution in [0.25, 0.3) is 0 Å². The van der Waals surface area contributed by atoms with E-state index < -0.39 is 0 Å². The van der Waals surface area contributed by atoms with Gasteiger partial charge < -0.3 is 35.2 Å². The van der Waals surface area contributed by atoms with Crippen molar-refractivity contribution in [1.29, 1.82) is 5.41 Å². The van der Waals surface area contributed by atoms with E-state index in [1.165, 1.54) is 0 Å². The molecule has 1 saturated heterocycles. The third kappa shape index (κ3) is 5.16. The lowest BCUT2D eigenvalue weighted by Crippen LogP contribution is -2.52. The maximum atomic E-state index is 7.98. The second kappa shape index (κ2) is 10.3. The molecular weight excluding hydrogens is 396 g/mol. The van der Waals surface area contributed by atoms with Gasteiger partial charge in [-0.1, -0.05) is 6.92 Å². The molecule has 1 atom stereocenters. The molecule has 1 unspecified atom stereocenters. The molecular formula is C22H32N6O3. The van der Waals surface area contributed by atoms with Crippen molar-refractivity contribution in [2.24, 2.45) is 10.2 Å². The smallest absolute Gasteiger partial charge is 0.221 e. The molecule has 2 aliphatic heterocycles. The molecule has 1 aromatic carbocycles. The zero-order valence-corrected chi connectivity index (χ0v) is 18.9. The minimum absolute atomic E-state index is 0.301. The number of guanidine groups is 1. The van der Waals surface area contributed by atoms with Crippen LogP contribution in [0.15, 0.2) is 34.1 Å². The number of hydrogen-bond acceptors (Lipinski definition) is 9. The first-order valence-corrected chi connectivity index (χ1v) is 10.5. The predicted octanol–water partition coefficient (Wildman–Crippen LogP) is 2.37. The summed E-state index contributed by atoms with van der Waals surface area (Å²) in [5.74, 6) is 2.11. The largest absolute Gasteiger partial charge is 0.493 e. The van der Waals surface area contributed by atoms with Crippen LogP contribution in [0, 0.1) is 5.41 Å². The van der Waals surface area contributed by atoms with Crippen LogP contribution < -0.4 is 24.8 Å². The number of ether oxygens (including phenoxy) is 3.